The lowest BCUT2D eigenvalue weighted by molar-refractivity contribution is 0.132. The maximum absolute atomic E-state index is 5.49. The lowest BCUT2D eigenvalue weighted by Gasteiger charge is -2.01. The number of hydrogen-bond donors (Lipinski definition) is 1. The molecule has 1 heterocycles. The van der Waals surface area contributed by atoms with Gasteiger partial charge < -0.3 is 9.82 Å². The van der Waals surface area contributed by atoms with Crippen LogP contribution in [0.2, 0.25) is 0 Å². The summed E-state index contributed by atoms with van der Waals surface area (Å²) in [7, 11) is 0. The number of fused-ring (bicyclic) bond motifs is 1. The van der Waals surface area contributed by atoms with E-state index in [2.05, 4.69) is 34.4 Å². The predicted octanol–water partition coefficient (Wildman–Crippen LogP) is 5.39. The smallest absolute Gasteiger partial charge is 0.142 e. The van der Waals surface area contributed by atoms with Crippen LogP contribution in [-0.4, -0.2) is 11.2 Å². The first-order valence-electron chi connectivity index (χ1n) is 8.27. The van der Waals surface area contributed by atoms with Gasteiger partial charge in [-0.15, -0.1) is 0 Å². The normalized spacial score (nSPS) is 11.2. The van der Waals surface area contributed by atoms with Crippen molar-refractivity contribution in [1.29, 1.82) is 0 Å². The molecule has 3 aromatic carbocycles. The van der Waals surface area contributed by atoms with Crippen LogP contribution in [0.3, 0.4) is 0 Å². The van der Waals surface area contributed by atoms with Crippen molar-refractivity contribution >= 4 is 17.1 Å². The number of aromatic amines is 1. The third-order valence-corrected chi connectivity index (χ3v) is 4.14. The zero-order chi connectivity index (χ0) is 16.9. The van der Waals surface area contributed by atoms with Gasteiger partial charge in [0.15, 0.2) is 0 Å². The molecule has 0 aliphatic rings. The second-order valence-electron chi connectivity index (χ2n) is 5.82. The summed E-state index contributed by atoms with van der Waals surface area (Å²) in [5, 5.41) is 5.33. The Morgan fingerprint density at radius 1 is 0.800 bits per heavy atom. The van der Waals surface area contributed by atoms with E-state index in [0.29, 0.717) is 6.61 Å². The number of para-hydroxylation sites is 1. The van der Waals surface area contributed by atoms with Gasteiger partial charge in [0, 0.05) is 16.5 Å². The molecule has 122 valence electrons. The Morgan fingerprint density at radius 2 is 1.48 bits per heavy atom. The first-order chi connectivity index (χ1) is 12.4. The molecular weight excluding hydrogens is 308 g/mol. The Morgan fingerprint density at radius 3 is 2.28 bits per heavy atom. The van der Waals surface area contributed by atoms with E-state index in [1.54, 1.807) is 6.21 Å². The number of H-pyrrole nitrogens is 1. The van der Waals surface area contributed by atoms with Crippen molar-refractivity contribution in [3.63, 3.8) is 0 Å². The minimum atomic E-state index is 0.459. The molecule has 25 heavy (non-hydrogen) atoms. The molecule has 0 bridgehead atoms. The predicted molar refractivity (Wildman–Crippen MR) is 103 cm³/mol. The zero-order valence-corrected chi connectivity index (χ0v) is 13.7. The largest absolute Gasteiger partial charge is 0.391 e. The second kappa shape index (κ2) is 7.05. The van der Waals surface area contributed by atoms with E-state index in [1.807, 2.05) is 60.7 Å². The maximum atomic E-state index is 5.49. The molecule has 0 saturated carbocycles. The van der Waals surface area contributed by atoms with Crippen LogP contribution in [0, 0.1) is 0 Å². The van der Waals surface area contributed by atoms with Gasteiger partial charge in [-0.2, -0.15) is 0 Å². The van der Waals surface area contributed by atoms with E-state index < -0.39 is 0 Å². The molecule has 4 aromatic rings. The topological polar surface area (TPSA) is 37.4 Å². The van der Waals surface area contributed by atoms with Crippen molar-refractivity contribution in [3.8, 4) is 11.3 Å². The van der Waals surface area contributed by atoms with Gasteiger partial charge in [-0.25, -0.2) is 0 Å². The minimum Gasteiger partial charge on any atom is -0.391 e. The molecule has 0 spiro atoms. The van der Waals surface area contributed by atoms with Crippen molar-refractivity contribution in [2.24, 2.45) is 5.16 Å². The fourth-order valence-electron chi connectivity index (χ4n) is 2.91. The van der Waals surface area contributed by atoms with Gasteiger partial charge in [0.25, 0.3) is 0 Å². The molecule has 0 fully saturated rings. The highest BCUT2D eigenvalue weighted by molar-refractivity contribution is 6.05. The summed E-state index contributed by atoms with van der Waals surface area (Å²) < 4.78 is 0. The Hall–Kier alpha value is -3.33. The van der Waals surface area contributed by atoms with Crippen LogP contribution in [0.5, 0.6) is 0 Å². The van der Waals surface area contributed by atoms with E-state index in [9.17, 15) is 0 Å². The molecule has 3 nitrogen and oxygen atoms in total. The van der Waals surface area contributed by atoms with Crippen LogP contribution >= 0.6 is 0 Å². The lowest BCUT2D eigenvalue weighted by Crippen LogP contribution is -1.89. The number of aromatic nitrogens is 1. The molecule has 0 saturated heterocycles. The first-order valence-corrected chi connectivity index (χ1v) is 8.27. The van der Waals surface area contributed by atoms with E-state index in [1.165, 1.54) is 0 Å². The SMILES string of the molecule is C(=N\OCc1ccccc1)/c1c(-c2ccccc2)[nH]c2ccccc12. The minimum absolute atomic E-state index is 0.459. The highest BCUT2D eigenvalue weighted by atomic mass is 16.6. The monoisotopic (exact) mass is 326 g/mol. The summed E-state index contributed by atoms with van der Waals surface area (Å²) in [6.45, 7) is 0.459. The number of hydrogen-bond acceptors (Lipinski definition) is 2. The van der Waals surface area contributed by atoms with Gasteiger partial charge in [-0.3, -0.25) is 0 Å². The lowest BCUT2D eigenvalue weighted by atomic mass is 10.1. The van der Waals surface area contributed by atoms with Crippen LogP contribution in [0.4, 0.5) is 0 Å². The molecule has 1 N–H and O–H groups in total. The van der Waals surface area contributed by atoms with Crippen molar-refractivity contribution in [2.45, 2.75) is 6.61 Å². The van der Waals surface area contributed by atoms with Crippen molar-refractivity contribution in [1.82, 2.24) is 4.98 Å². The van der Waals surface area contributed by atoms with Crippen LogP contribution in [-0.2, 0) is 11.4 Å². The molecule has 0 unspecified atom stereocenters. The van der Waals surface area contributed by atoms with Crippen LogP contribution in [0.1, 0.15) is 11.1 Å². The Balaban J connectivity index is 1.64. The van der Waals surface area contributed by atoms with Crippen LogP contribution in [0.25, 0.3) is 22.2 Å². The van der Waals surface area contributed by atoms with Gasteiger partial charge in [-0.1, -0.05) is 84.0 Å². The van der Waals surface area contributed by atoms with E-state index >= 15 is 0 Å². The summed E-state index contributed by atoms with van der Waals surface area (Å²) in [6.07, 6.45) is 1.80. The Kier molecular flexibility index (Phi) is 4.29. The molecule has 1 aromatic heterocycles. The van der Waals surface area contributed by atoms with E-state index in [0.717, 1.165) is 33.3 Å². The zero-order valence-electron chi connectivity index (χ0n) is 13.7. The maximum Gasteiger partial charge on any atom is 0.142 e. The van der Waals surface area contributed by atoms with Gasteiger partial charge in [0.2, 0.25) is 0 Å². The summed E-state index contributed by atoms with van der Waals surface area (Å²) in [4.78, 5) is 8.98. The quantitative estimate of drug-likeness (QED) is 0.388. The second-order valence-corrected chi connectivity index (χ2v) is 5.82. The van der Waals surface area contributed by atoms with Gasteiger partial charge in [0.1, 0.15) is 6.61 Å². The van der Waals surface area contributed by atoms with E-state index in [-0.39, 0.29) is 0 Å². The molecule has 0 amide bonds. The summed E-state index contributed by atoms with van der Waals surface area (Å²) in [5.41, 5.74) is 5.40. The molecule has 0 radical (unpaired) electrons. The van der Waals surface area contributed by atoms with Crippen LogP contribution < -0.4 is 0 Å². The standard InChI is InChI=1S/C22H18N2O/c1-3-9-17(10-4-1)16-25-23-15-20-19-13-7-8-14-21(19)24-22(20)18-11-5-2-6-12-18/h1-15,24H,16H2/b23-15+. The van der Waals surface area contributed by atoms with Crippen molar-refractivity contribution < 1.29 is 4.84 Å². The third kappa shape index (κ3) is 3.31. The molecule has 0 aliphatic heterocycles. The van der Waals surface area contributed by atoms with E-state index in [4.69, 9.17) is 4.84 Å². The fourth-order valence-corrected chi connectivity index (χ4v) is 2.91. The van der Waals surface area contributed by atoms with Crippen LogP contribution in [0.15, 0.2) is 90.1 Å². The molecule has 3 heteroatoms. The Labute approximate surface area is 146 Å². The average Bonchev–Trinajstić information content (AvgIpc) is 3.05. The van der Waals surface area contributed by atoms with Gasteiger partial charge >= 0.3 is 0 Å². The summed E-state index contributed by atoms with van der Waals surface area (Å²) in [5.74, 6) is 0. The average molecular weight is 326 g/mol. The third-order valence-electron chi connectivity index (χ3n) is 4.14. The molecule has 0 aliphatic carbocycles. The Bertz CT molecular complexity index is 988. The van der Waals surface area contributed by atoms with Gasteiger partial charge in [0.05, 0.1) is 11.9 Å². The molecule has 0 atom stereocenters. The number of rotatable bonds is 5. The number of nitrogens with zero attached hydrogens (tertiary/aromatic N) is 1. The fraction of sp³-hybridized carbons (Fsp3) is 0.0455. The molecular formula is C22H18N2O. The highest BCUT2D eigenvalue weighted by Crippen LogP contribution is 2.28. The first kappa shape index (κ1) is 15.2. The van der Waals surface area contributed by atoms with Gasteiger partial charge in [-0.05, 0) is 17.2 Å². The highest BCUT2D eigenvalue weighted by Gasteiger charge is 2.11. The number of nitrogens with one attached hydrogen (secondary N) is 1. The number of benzene rings is 3. The summed E-state index contributed by atoms with van der Waals surface area (Å²) in [6, 6.07) is 28.5. The molecule has 4 rings (SSSR count). The van der Waals surface area contributed by atoms with Crippen molar-refractivity contribution in [2.75, 3.05) is 0 Å². The van der Waals surface area contributed by atoms with Crippen molar-refractivity contribution in [3.05, 3.63) is 96.1 Å². The summed E-state index contributed by atoms with van der Waals surface area (Å²) >= 11 is 0. The number of oxime groups is 1.